The van der Waals surface area contributed by atoms with E-state index in [9.17, 15) is 9.59 Å². The third-order valence-corrected chi connectivity index (χ3v) is 3.88. The minimum atomic E-state index is -0.571. The molecular formula is C11H9Cl2N3O2S. The Bertz CT molecular complexity index is 577. The van der Waals surface area contributed by atoms with Gasteiger partial charge in [-0.25, -0.2) is 0 Å². The molecule has 3 N–H and O–H groups in total. The predicted octanol–water partition coefficient (Wildman–Crippen LogP) is 2.28. The third kappa shape index (κ3) is 3.62. The molecule has 1 unspecified atom stereocenters. The van der Waals surface area contributed by atoms with E-state index in [0.29, 0.717) is 15.7 Å². The van der Waals surface area contributed by atoms with Crippen molar-refractivity contribution in [1.82, 2.24) is 0 Å². The highest BCUT2D eigenvalue weighted by Crippen LogP contribution is 2.27. The number of carbonyl (C=O) groups excluding carboxylic acids is 2. The minimum Gasteiger partial charge on any atom is -0.378 e. The zero-order valence-corrected chi connectivity index (χ0v) is 11.9. The van der Waals surface area contributed by atoms with Crippen molar-refractivity contribution in [2.45, 2.75) is 11.7 Å². The van der Waals surface area contributed by atoms with Crippen LogP contribution in [0.3, 0.4) is 0 Å². The van der Waals surface area contributed by atoms with Gasteiger partial charge in [0.15, 0.2) is 5.17 Å². The predicted molar refractivity (Wildman–Crippen MR) is 77.7 cm³/mol. The number of nitrogens with two attached hydrogens (primary N) is 1. The Morgan fingerprint density at radius 2 is 2.21 bits per heavy atom. The number of amidine groups is 1. The van der Waals surface area contributed by atoms with E-state index in [-0.39, 0.29) is 17.5 Å². The molecule has 0 saturated heterocycles. The monoisotopic (exact) mass is 317 g/mol. The van der Waals surface area contributed by atoms with Gasteiger partial charge in [0.2, 0.25) is 5.91 Å². The van der Waals surface area contributed by atoms with Crippen molar-refractivity contribution in [1.29, 1.82) is 0 Å². The van der Waals surface area contributed by atoms with Gasteiger partial charge in [0.05, 0.1) is 10.7 Å². The summed E-state index contributed by atoms with van der Waals surface area (Å²) in [6.07, 6.45) is -0.0173. The molecule has 1 aromatic carbocycles. The zero-order chi connectivity index (χ0) is 14.0. The van der Waals surface area contributed by atoms with E-state index in [1.54, 1.807) is 12.1 Å². The van der Waals surface area contributed by atoms with Gasteiger partial charge < -0.3 is 11.1 Å². The minimum absolute atomic E-state index is 0.0173. The van der Waals surface area contributed by atoms with E-state index < -0.39 is 11.2 Å². The van der Waals surface area contributed by atoms with E-state index in [0.717, 1.165) is 11.8 Å². The van der Waals surface area contributed by atoms with Crippen LogP contribution in [0.25, 0.3) is 0 Å². The summed E-state index contributed by atoms with van der Waals surface area (Å²) in [5.74, 6) is -0.741. The number of thioether (sulfide) groups is 1. The van der Waals surface area contributed by atoms with Gasteiger partial charge in [-0.15, -0.1) is 0 Å². The maximum atomic E-state index is 11.8. The number of hydrogen-bond donors (Lipinski definition) is 2. The lowest BCUT2D eigenvalue weighted by atomic mass is 10.2. The number of hydrogen-bond acceptors (Lipinski definition) is 4. The van der Waals surface area contributed by atoms with E-state index in [4.69, 9.17) is 28.9 Å². The largest absolute Gasteiger partial charge is 0.378 e. The van der Waals surface area contributed by atoms with Gasteiger partial charge in [0.25, 0.3) is 5.91 Å². The fourth-order valence-electron chi connectivity index (χ4n) is 1.50. The van der Waals surface area contributed by atoms with Crippen molar-refractivity contribution in [2.75, 3.05) is 5.32 Å². The van der Waals surface area contributed by atoms with Crippen LogP contribution in [-0.4, -0.2) is 22.2 Å². The second-order valence-electron chi connectivity index (χ2n) is 3.77. The Balaban J connectivity index is 1.99. The lowest BCUT2D eigenvalue weighted by Gasteiger charge is -2.09. The summed E-state index contributed by atoms with van der Waals surface area (Å²) in [6, 6.07) is 4.73. The van der Waals surface area contributed by atoms with Gasteiger partial charge in [-0.05, 0) is 18.2 Å². The number of anilines is 1. The number of aliphatic imine (C=N–C) groups is 1. The van der Waals surface area contributed by atoms with Gasteiger partial charge in [0, 0.05) is 11.4 Å². The van der Waals surface area contributed by atoms with E-state index in [2.05, 4.69) is 10.3 Å². The summed E-state index contributed by atoms with van der Waals surface area (Å²) >= 11 is 12.8. The zero-order valence-electron chi connectivity index (χ0n) is 9.52. The lowest BCUT2D eigenvalue weighted by molar-refractivity contribution is -0.121. The van der Waals surface area contributed by atoms with Crippen molar-refractivity contribution >= 4 is 57.6 Å². The molecule has 1 atom stereocenters. The summed E-state index contributed by atoms with van der Waals surface area (Å²) in [6.45, 7) is 0. The molecule has 2 rings (SSSR count). The van der Waals surface area contributed by atoms with Gasteiger partial charge >= 0.3 is 0 Å². The first kappa shape index (κ1) is 14.2. The molecule has 100 valence electrons. The Kier molecular flexibility index (Phi) is 4.34. The SMILES string of the molecule is NC1=NC(=O)C(CC(=O)Nc2cc(Cl)ccc2Cl)S1. The first-order chi connectivity index (χ1) is 8.95. The smallest absolute Gasteiger partial charge is 0.262 e. The summed E-state index contributed by atoms with van der Waals surface area (Å²) in [5.41, 5.74) is 5.82. The van der Waals surface area contributed by atoms with E-state index in [1.165, 1.54) is 6.07 Å². The number of halogens is 2. The van der Waals surface area contributed by atoms with Gasteiger partial charge in [0.1, 0.15) is 5.25 Å². The number of rotatable bonds is 3. The van der Waals surface area contributed by atoms with Crippen molar-refractivity contribution in [3.8, 4) is 0 Å². The summed E-state index contributed by atoms with van der Waals surface area (Å²) in [4.78, 5) is 26.7. The van der Waals surface area contributed by atoms with Gasteiger partial charge in [-0.1, -0.05) is 35.0 Å². The molecule has 0 spiro atoms. The first-order valence-corrected chi connectivity index (χ1v) is 6.89. The van der Waals surface area contributed by atoms with E-state index >= 15 is 0 Å². The van der Waals surface area contributed by atoms with Crippen molar-refractivity contribution < 1.29 is 9.59 Å². The average molecular weight is 318 g/mol. The van der Waals surface area contributed by atoms with Gasteiger partial charge in [-0.2, -0.15) is 4.99 Å². The fraction of sp³-hybridized carbons (Fsp3) is 0.182. The van der Waals surface area contributed by atoms with Crippen LogP contribution in [0.15, 0.2) is 23.2 Å². The highest BCUT2D eigenvalue weighted by Gasteiger charge is 2.29. The molecule has 0 radical (unpaired) electrons. The molecule has 19 heavy (non-hydrogen) atoms. The Hall–Kier alpha value is -1.24. The number of nitrogens with one attached hydrogen (secondary N) is 1. The molecule has 1 heterocycles. The second kappa shape index (κ2) is 5.81. The van der Waals surface area contributed by atoms with Crippen molar-refractivity contribution in [3.05, 3.63) is 28.2 Å². The number of carbonyl (C=O) groups is 2. The number of amides is 2. The molecule has 0 aromatic heterocycles. The maximum absolute atomic E-state index is 11.8. The molecule has 0 aliphatic carbocycles. The topological polar surface area (TPSA) is 84.5 Å². The van der Waals surface area contributed by atoms with Crippen LogP contribution in [0.5, 0.6) is 0 Å². The molecule has 0 bridgehead atoms. The lowest BCUT2D eigenvalue weighted by Crippen LogP contribution is -2.21. The van der Waals surface area contributed by atoms with Gasteiger partial charge in [-0.3, -0.25) is 9.59 Å². The quantitative estimate of drug-likeness (QED) is 0.895. The third-order valence-electron chi connectivity index (χ3n) is 2.33. The molecular weight excluding hydrogens is 309 g/mol. The summed E-state index contributed by atoms with van der Waals surface area (Å²) < 4.78 is 0. The Labute approximate surface area is 123 Å². The van der Waals surface area contributed by atoms with Crippen LogP contribution in [0.2, 0.25) is 10.0 Å². The normalized spacial score (nSPS) is 18.3. The highest BCUT2D eigenvalue weighted by molar-refractivity contribution is 8.15. The molecule has 1 aromatic rings. The van der Waals surface area contributed by atoms with Crippen LogP contribution in [0.1, 0.15) is 6.42 Å². The maximum Gasteiger partial charge on any atom is 0.262 e. The highest BCUT2D eigenvalue weighted by atomic mass is 35.5. The van der Waals surface area contributed by atoms with Crippen LogP contribution in [0, 0.1) is 0 Å². The molecule has 0 saturated carbocycles. The van der Waals surface area contributed by atoms with Crippen molar-refractivity contribution in [2.24, 2.45) is 10.7 Å². The Morgan fingerprint density at radius 1 is 1.47 bits per heavy atom. The number of nitrogens with zero attached hydrogens (tertiary/aromatic N) is 1. The van der Waals surface area contributed by atoms with Crippen LogP contribution in [0.4, 0.5) is 5.69 Å². The molecule has 0 fully saturated rings. The number of benzene rings is 1. The van der Waals surface area contributed by atoms with Crippen molar-refractivity contribution in [3.63, 3.8) is 0 Å². The average Bonchev–Trinajstić information content (AvgIpc) is 2.62. The summed E-state index contributed by atoms with van der Waals surface area (Å²) in [5, 5.41) is 3.04. The van der Waals surface area contributed by atoms with Crippen LogP contribution >= 0.6 is 35.0 Å². The standard InChI is InChI=1S/C11H9Cl2N3O2S/c12-5-1-2-6(13)7(3-5)15-9(17)4-8-10(18)16-11(14)19-8/h1-3,8H,4H2,(H,15,17)(H2,14,16,18). The van der Waals surface area contributed by atoms with Crippen LogP contribution in [-0.2, 0) is 9.59 Å². The second-order valence-corrected chi connectivity index (χ2v) is 5.84. The van der Waals surface area contributed by atoms with E-state index in [1.807, 2.05) is 0 Å². The molecule has 1 aliphatic rings. The summed E-state index contributed by atoms with van der Waals surface area (Å²) in [7, 11) is 0. The fourth-order valence-corrected chi connectivity index (χ4v) is 2.65. The van der Waals surface area contributed by atoms with Crippen LogP contribution < -0.4 is 11.1 Å². The first-order valence-electron chi connectivity index (χ1n) is 5.25. The Morgan fingerprint density at radius 3 is 2.84 bits per heavy atom. The molecule has 2 amide bonds. The molecule has 5 nitrogen and oxygen atoms in total. The molecule has 1 aliphatic heterocycles. The molecule has 8 heteroatoms.